The molecule has 0 bridgehead atoms. The number of β-amino-alcohol motifs (C(OH)–C–C–N with tert-alkyl or cyclic N) is 1. The molecule has 0 aromatic heterocycles. The smallest absolute Gasteiger partial charge is 0.0933 e. The van der Waals surface area contributed by atoms with Gasteiger partial charge in [-0.05, 0) is 18.1 Å². The highest BCUT2D eigenvalue weighted by atomic mass is 16.5. The van der Waals surface area contributed by atoms with E-state index in [1.807, 2.05) is 24.3 Å². The van der Waals surface area contributed by atoms with E-state index in [0.29, 0.717) is 26.2 Å². The fourth-order valence-corrected chi connectivity index (χ4v) is 2.44. The number of hydrogen-bond donors (Lipinski definition) is 3. The van der Waals surface area contributed by atoms with Crippen LogP contribution in [0.4, 0.5) is 0 Å². The molecule has 0 radical (unpaired) electrons. The fourth-order valence-electron chi connectivity index (χ4n) is 2.44. The zero-order valence-electron chi connectivity index (χ0n) is 11.9. The van der Waals surface area contributed by atoms with Crippen LogP contribution >= 0.6 is 0 Å². The Hall–Kier alpha value is -0.980. The van der Waals surface area contributed by atoms with Gasteiger partial charge in [0.25, 0.3) is 0 Å². The lowest BCUT2D eigenvalue weighted by atomic mass is 10.1. The van der Waals surface area contributed by atoms with Crippen molar-refractivity contribution in [1.29, 1.82) is 0 Å². The molecule has 1 aromatic rings. The van der Waals surface area contributed by atoms with Crippen molar-refractivity contribution in [3.8, 4) is 0 Å². The molecule has 3 unspecified atom stereocenters. The zero-order chi connectivity index (χ0) is 14.5. The van der Waals surface area contributed by atoms with E-state index in [4.69, 9.17) is 10.5 Å². The van der Waals surface area contributed by atoms with Gasteiger partial charge in [-0.15, -0.1) is 0 Å². The molecule has 0 spiro atoms. The summed E-state index contributed by atoms with van der Waals surface area (Å²) in [6.07, 6.45) is -0.695. The number of hydrogen-bond acceptors (Lipinski definition) is 5. The normalized spacial score (nSPS) is 25.6. The van der Waals surface area contributed by atoms with Gasteiger partial charge in [-0.3, -0.25) is 4.90 Å². The number of ether oxygens (including phenoxy) is 1. The predicted molar refractivity (Wildman–Crippen MR) is 77.2 cm³/mol. The van der Waals surface area contributed by atoms with Crippen molar-refractivity contribution in [2.75, 3.05) is 26.3 Å². The van der Waals surface area contributed by atoms with Gasteiger partial charge >= 0.3 is 0 Å². The summed E-state index contributed by atoms with van der Waals surface area (Å²) in [4.78, 5) is 2.16. The molecule has 112 valence electrons. The van der Waals surface area contributed by atoms with Crippen LogP contribution in [0, 0.1) is 0 Å². The molecule has 2 rings (SSSR count). The van der Waals surface area contributed by atoms with Crippen LogP contribution in [0.1, 0.15) is 24.2 Å². The summed E-state index contributed by atoms with van der Waals surface area (Å²) in [6, 6.07) is 7.97. The van der Waals surface area contributed by atoms with Crippen LogP contribution in [0.5, 0.6) is 0 Å². The van der Waals surface area contributed by atoms with Gasteiger partial charge in [-0.2, -0.15) is 0 Å². The molecule has 1 heterocycles. The van der Waals surface area contributed by atoms with Crippen LogP contribution in [0.2, 0.25) is 0 Å². The van der Waals surface area contributed by atoms with Crippen LogP contribution in [0.25, 0.3) is 0 Å². The fraction of sp³-hybridized carbons (Fsp3) is 0.600. The standard InChI is InChI=1S/C15H24N2O3/c1-11-10-20-14(9-18)7-17(11)8-15(19)13-4-2-12(6-16)3-5-13/h2-5,11,14-15,18-19H,6-10,16H2,1H3. The molecule has 1 fully saturated rings. The minimum absolute atomic E-state index is 0.0184. The van der Waals surface area contributed by atoms with E-state index < -0.39 is 6.10 Å². The summed E-state index contributed by atoms with van der Waals surface area (Å²) in [5.74, 6) is 0. The van der Waals surface area contributed by atoms with Crippen molar-refractivity contribution in [3.05, 3.63) is 35.4 Å². The minimum Gasteiger partial charge on any atom is -0.394 e. The van der Waals surface area contributed by atoms with Crippen molar-refractivity contribution in [2.24, 2.45) is 5.73 Å². The summed E-state index contributed by atoms with van der Waals surface area (Å²) in [7, 11) is 0. The maximum atomic E-state index is 10.3. The van der Waals surface area contributed by atoms with Crippen molar-refractivity contribution in [1.82, 2.24) is 4.90 Å². The molecular weight excluding hydrogens is 256 g/mol. The van der Waals surface area contributed by atoms with Crippen LogP contribution in [-0.4, -0.2) is 53.6 Å². The van der Waals surface area contributed by atoms with E-state index in [1.165, 1.54) is 0 Å². The lowest BCUT2D eigenvalue weighted by Crippen LogP contribution is -2.50. The summed E-state index contributed by atoms with van der Waals surface area (Å²) < 4.78 is 5.50. The molecule has 0 amide bonds. The Bertz CT molecular complexity index is 410. The highest BCUT2D eigenvalue weighted by Gasteiger charge is 2.27. The van der Waals surface area contributed by atoms with Crippen LogP contribution in [0.3, 0.4) is 0 Å². The lowest BCUT2D eigenvalue weighted by molar-refractivity contribution is -0.0869. The SMILES string of the molecule is CC1COC(CO)CN1CC(O)c1ccc(CN)cc1. The molecule has 20 heavy (non-hydrogen) atoms. The molecular formula is C15H24N2O3. The average molecular weight is 280 g/mol. The molecule has 5 heteroatoms. The Morgan fingerprint density at radius 2 is 2.10 bits per heavy atom. The highest BCUT2D eigenvalue weighted by Crippen LogP contribution is 2.19. The van der Waals surface area contributed by atoms with Gasteiger partial charge in [0, 0.05) is 25.7 Å². The zero-order valence-corrected chi connectivity index (χ0v) is 11.9. The first kappa shape index (κ1) is 15.4. The second-order valence-electron chi connectivity index (χ2n) is 5.40. The third-order valence-electron chi connectivity index (χ3n) is 3.85. The molecule has 4 N–H and O–H groups in total. The first-order valence-electron chi connectivity index (χ1n) is 7.07. The monoisotopic (exact) mass is 280 g/mol. The minimum atomic E-state index is -0.540. The van der Waals surface area contributed by atoms with Crippen LogP contribution in [-0.2, 0) is 11.3 Å². The first-order valence-corrected chi connectivity index (χ1v) is 7.07. The summed E-state index contributed by atoms with van der Waals surface area (Å²) >= 11 is 0. The Morgan fingerprint density at radius 1 is 1.40 bits per heavy atom. The van der Waals surface area contributed by atoms with Gasteiger partial charge in [-0.1, -0.05) is 24.3 Å². The van der Waals surface area contributed by atoms with E-state index in [-0.39, 0.29) is 18.8 Å². The Kier molecular flexibility index (Phi) is 5.51. The van der Waals surface area contributed by atoms with Gasteiger partial charge in [0.15, 0.2) is 0 Å². The molecule has 5 nitrogen and oxygen atoms in total. The second kappa shape index (κ2) is 7.15. The molecule has 1 aliphatic rings. The summed E-state index contributed by atoms with van der Waals surface area (Å²) in [6.45, 7) is 4.38. The maximum absolute atomic E-state index is 10.3. The van der Waals surface area contributed by atoms with Gasteiger partial charge in [-0.25, -0.2) is 0 Å². The maximum Gasteiger partial charge on any atom is 0.0933 e. The van der Waals surface area contributed by atoms with Crippen molar-refractivity contribution in [2.45, 2.75) is 31.7 Å². The second-order valence-corrected chi connectivity index (χ2v) is 5.40. The molecule has 1 saturated heterocycles. The van der Waals surface area contributed by atoms with Gasteiger partial charge < -0.3 is 20.7 Å². The molecule has 3 atom stereocenters. The Labute approximate surface area is 120 Å². The number of rotatable bonds is 5. The van der Waals surface area contributed by atoms with Crippen molar-refractivity contribution in [3.63, 3.8) is 0 Å². The predicted octanol–water partition coefficient (Wildman–Crippen LogP) is 0.260. The van der Waals surface area contributed by atoms with E-state index in [0.717, 1.165) is 11.1 Å². The third-order valence-corrected chi connectivity index (χ3v) is 3.85. The number of nitrogens with two attached hydrogens (primary N) is 1. The number of benzene rings is 1. The van der Waals surface area contributed by atoms with E-state index in [9.17, 15) is 10.2 Å². The van der Waals surface area contributed by atoms with E-state index in [2.05, 4.69) is 11.8 Å². The lowest BCUT2D eigenvalue weighted by Gasteiger charge is -2.38. The summed E-state index contributed by atoms with van der Waals surface area (Å²) in [5, 5.41) is 19.5. The molecule has 1 aliphatic heterocycles. The van der Waals surface area contributed by atoms with Crippen molar-refractivity contribution < 1.29 is 14.9 Å². The number of aliphatic hydroxyl groups excluding tert-OH is 2. The molecule has 1 aromatic carbocycles. The third kappa shape index (κ3) is 3.77. The van der Waals surface area contributed by atoms with Gasteiger partial charge in [0.2, 0.25) is 0 Å². The number of nitrogens with zero attached hydrogens (tertiary/aromatic N) is 1. The highest BCUT2D eigenvalue weighted by molar-refractivity contribution is 5.24. The van der Waals surface area contributed by atoms with Gasteiger partial charge in [0.1, 0.15) is 0 Å². The Morgan fingerprint density at radius 3 is 2.70 bits per heavy atom. The first-order chi connectivity index (χ1) is 9.63. The average Bonchev–Trinajstić information content (AvgIpc) is 2.49. The topological polar surface area (TPSA) is 79.0 Å². The van der Waals surface area contributed by atoms with Crippen LogP contribution in [0.15, 0.2) is 24.3 Å². The number of aliphatic hydroxyl groups is 2. The van der Waals surface area contributed by atoms with E-state index in [1.54, 1.807) is 0 Å². The van der Waals surface area contributed by atoms with E-state index >= 15 is 0 Å². The Balaban J connectivity index is 1.96. The summed E-state index contributed by atoms with van der Waals surface area (Å²) in [5.41, 5.74) is 7.51. The van der Waals surface area contributed by atoms with Gasteiger partial charge in [0.05, 0.1) is 25.4 Å². The molecule has 0 saturated carbocycles. The molecule has 0 aliphatic carbocycles. The van der Waals surface area contributed by atoms with Crippen LogP contribution < -0.4 is 5.73 Å². The number of morpholine rings is 1. The van der Waals surface area contributed by atoms with Crippen molar-refractivity contribution >= 4 is 0 Å². The largest absolute Gasteiger partial charge is 0.394 e. The quantitative estimate of drug-likeness (QED) is 0.721.